The average molecular weight is 382 g/mol. The van der Waals surface area contributed by atoms with Gasteiger partial charge in [0.15, 0.2) is 11.5 Å². The maximum absolute atomic E-state index is 12.5. The maximum atomic E-state index is 12.5. The quantitative estimate of drug-likeness (QED) is 0.600. The largest absolute Gasteiger partial charge is 0.487 e. The molecule has 0 saturated carbocycles. The van der Waals surface area contributed by atoms with Crippen LogP contribution in [0.3, 0.4) is 0 Å². The summed E-state index contributed by atoms with van der Waals surface area (Å²) in [6, 6.07) is 13.1. The van der Waals surface area contributed by atoms with E-state index in [1.807, 2.05) is 43.3 Å². The van der Waals surface area contributed by atoms with Gasteiger partial charge in [0.25, 0.3) is 0 Å². The molecule has 0 atom stereocenters. The summed E-state index contributed by atoms with van der Waals surface area (Å²) >= 11 is 0. The number of ether oxygens (including phenoxy) is 4. The molecule has 3 aromatic rings. The minimum Gasteiger partial charge on any atom is -0.487 e. The van der Waals surface area contributed by atoms with Crippen LogP contribution in [0.25, 0.3) is 22.1 Å². The Morgan fingerprint density at radius 3 is 2.18 bits per heavy atom. The normalized spacial score (nSPS) is 15.6. The van der Waals surface area contributed by atoms with Gasteiger partial charge in [-0.3, -0.25) is 0 Å². The molecule has 2 aromatic carbocycles. The van der Waals surface area contributed by atoms with E-state index in [4.69, 9.17) is 23.4 Å². The van der Waals surface area contributed by atoms with Crippen molar-refractivity contribution in [2.75, 3.05) is 39.6 Å². The standard InChI is InChI=1S/C22H22O6/c1-15-3-2-4-16(11-15)18-12-17-13-20-21(14-19(17)28-22(18)23)27-10-8-25-6-5-24-7-9-26-20/h2-4,11-14H,5-10H2,1H3. The summed E-state index contributed by atoms with van der Waals surface area (Å²) in [4.78, 5) is 12.5. The van der Waals surface area contributed by atoms with Crippen molar-refractivity contribution in [3.8, 4) is 22.6 Å². The molecule has 0 aliphatic carbocycles. The summed E-state index contributed by atoms with van der Waals surface area (Å²) in [5.41, 5.74) is 2.48. The first-order valence-corrected chi connectivity index (χ1v) is 9.31. The summed E-state index contributed by atoms with van der Waals surface area (Å²) in [5.74, 6) is 1.10. The zero-order valence-electron chi connectivity index (χ0n) is 15.7. The Morgan fingerprint density at radius 1 is 0.786 bits per heavy atom. The van der Waals surface area contributed by atoms with Crippen molar-refractivity contribution in [2.24, 2.45) is 0 Å². The van der Waals surface area contributed by atoms with Gasteiger partial charge in [0.05, 0.1) is 32.0 Å². The lowest BCUT2D eigenvalue weighted by atomic mass is 10.0. The second kappa shape index (κ2) is 8.46. The molecular weight excluding hydrogens is 360 g/mol. The molecule has 0 fully saturated rings. The van der Waals surface area contributed by atoms with Gasteiger partial charge in [0, 0.05) is 11.5 Å². The number of benzene rings is 2. The molecule has 0 saturated heterocycles. The predicted octanol–water partition coefficient (Wildman–Crippen LogP) is 3.57. The number of hydrogen-bond acceptors (Lipinski definition) is 6. The van der Waals surface area contributed by atoms with E-state index in [1.54, 1.807) is 6.07 Å². The fourth-order valence-electron chi connectivity index (χ4n) is 3.11. The highest BCUT2D eigenvalue weighted by Crippen LogP contribution is 2.33. The molecule has 0 N–H and O–H groups in total. The minimum atomic E-state index is -0.385. The van der Waals surface area contributed by atoms with Gasteiger partial charge in [-0.15, -0.1) is 0 Å². The topological polar surface area (TPSA) is 67.1 Å². The van der Waals surface area contributed by atoms with Crippen LogP contribution >= 0.6 is 0 Å². The molecule has 0 bridgehead atoms. The van der Waals surface area contributed by atoms with Gasteiger partial charge in [-0.2, -0.15) is 0 Å². The Balaban J connectivity index is 1.74. The summed E-state index contributed by atoms with van der Waals surface area (Å²) in [5, 5.41) is 0.766. The molecule has 0 amide bonds. The molecule has 28 heavy (non-hydrogen) atoms. The Labute approximate surface area is 162 Å². The van der Waals surface area contributed by atoms with Gasteiger partial charge in [-0.25, -0.2) is 4.79 Å². The van der Waals surface area contributed by atoms with E-state index >= 15 is 0 Å². The number of aryl methyl sites for hydroxylation is 1. The third-order valence-corrected chi connectivity index (χ3v) is 4.47. The Hall–Kier alpha value is -2.83. The molecule has 6 heteroatoms. The molecule has 1 aromatic heterocycles. The molecule has 0 spiro atoms. The summed E-state index contributed by atoms with van der Waals surface area (Å²) in [7, 11) is 0. The van der Waals surface area contributed by atoms with Gasteiger partial charge in [-0.1, -0.05) is 29.8 Å². The van der Waals surface area contributed by atoms with Crippen molar-refractivity contribution in [3.05, 3.63) is 58.4 Å². The highest BCUT2D eigenvalue weighted by Gasteiger charge is 2.14. The first-order valence-electron chi connectivity index (χ1n) is 9.31. The molecule has 0 unspecified atom stereocenters. The van der Waals surface area contributed by atoms with Gasteiger partial charge in [0.2, 0.25) is 0 Å². The molecule has 4 rings (SSSR count). The molecule has 0 radical (unpaired) electrons. The maximum Gasteiger partial charge on any atom is 0.344 e. The van der Waals surface area contributed by atoms with Crippen LogP contribution in [0.2, 0.25) is 0 Å². The van der Waals surface area contributed by atoms with Crippen LogP contribution in [0.15, 0.2) is 51.7 Å². The predicted molar refractivity (Wildman–Crippen MR) is 105 cm³/mol. The second-order valence-electron chi connectivity index (χ2n) is 6.58. The third-order valence-electron chi connectivity index (χ3n) is 4.47. The van der Waals surface area contributed by atoms with Crippen molar-refractivity contribution < 1.29 is 23.4 Å². The third kappa shape index (κ3) is 4.18. The number of fused-ring (bicyclic) bond motifs is 2. The fourth-order valence-corrected chi connectivity index (χ4v) is 3.11. The number of rotatable bonds is 1. The Morgan fingerprint density at radius 2 is 1.46 bits per heavy atom. The van der Waals surface area contributed by atoms with E-state index in [2.05, 4.69) is 0 Å². The van der Waals surface area contributed by atoms with Gasteiger partial charge >= 0.3 is 5.63 Å². The molecule has 6 nitrogen and oxygen atoms in total. The highest BCUT2D eigenvalue weighted by atomic mass is 16.6. The Bertz CT molecular complexity index is 1020. The fraction of sp³-hybridized carbons (Fsp3) is 0.318. The van der Waals surface area contributed by atoms with Crippen molar-refractivity contribution in [2.45, 2.75) is 6.92 Å². The van der Waals surface area contributed by atoms with Gasteiger partial charge in [0.1, 0.15) is 18.8 Å². The molecule has 1 aliphatic rings. The van der Waals surface area contributed by atoms with Crippen molar-refractivity contribution in [3.63, 3.8) is 0 Å². The summed E-state index contributed by atoms with van der Waals surface area (Å²) in [6.45, 7) is 4.69. The smallest absolute Gasteiger partial charge is 0.344 e. The summed E-state index contributed by atoms with van der Waals surface area (Å²) < 4.78 is 28.1. The lowest BCUT2D eigenvalue weighted by Crippen LogP contribution is -2.15. The first kappa shape index (κ1) is 18.5. The monoisotopic (exact) mass is 382 g/mol. The van der Waals surface area contributed by atoms with Crippen molar-refractivity contribution >= 4 is 11.0 Å². The zero-order valence-corrected chi connectivity index (χ0v) is 15.7. The van der Waals surface area contributed by atoms with Crippen LogP contribution in [-0.2, 0) is 9.47 Å². The van der Waals surface area contributed by atoms with Crippen LogP contribution in [0.1, 0.15) is 5.56 Å². The Kier molecular flexibility index (Phi) is 5.60. The highest BCUT2D eigenvalue weighted by molar-refractivity contribution is 5.85. The molecule has 1 aliphatic heterocycles. The van der Waals surface area contributed by atoms with Crippen LogP contribution in [0.5, 0.6) is 11.5 Å². The lowest BCUT2D eigenvalue weighted by Gasteiger charge is -2.15. The summed E-state index contributed by atoms with van der Waals surface area (Å²) in [6.07, 6.45) is 0. The van der Waals surface area contributed by atoms with Crippen molar-refractivity contribution in [1.29, 1.82) is 0 Å². The van der Waals surface area contributed by atoms with E-state index in [0.29, 0.717) is 62.3 Å². The second-order valence-corrected chi connectivity index (χ2v) is 6.58. The first-order chi connectivity index (χ1) is 13.7. The van der Waals surface area contributed by atoms with E-state index in [-0.39, 0.29) is 5.63 Å². The van der Waals surface area contributed by atoms with Gasteiger partial charge in [-0.05, 0) is 24.6 Å². The van der Waals surface area contributed by atoms with Gasteiger partial charge < -0.3 is 23.4 Å². The zero-order chi connectivity index (χ0) is 19.3. The van der Waals surface area contributed by atoms with Crippen molar-refractivity contribution in [1.82, 2.24) is 0 Å². The van der Waals surface area contributed by atoms with Crippen LogP contribution in [0, 0.1) is 6.92 Å². The minimum absolute atomic E-state index is 0.369. The average Bonchev–Trinajstić information content (AvgIpc) is 2.67. The van der Waals surface area contributed by atoms with Crippen LogP contribution in [-0.4, -0.2) is 39.6 Å². The van der Waals surface area contributed by atoms with Crippen LogP contribution < -0.4 is 15.1 Å². The van der Waals surface area contributed by atoms with E-state index in [1.165, 1.54) is 0 Å². The molecular formula is C22H22O6. The van der Waals surface area contributed by atoms with E-state index in [0.717, 1.165) is 16.5 Å². The molecule has 146 valence electrons. The molecule has 2 heterocycles. The SMILES string of the molecule is Cc1cccc(-c2cc3cc4c(cc3oc2=O)OCCOCCOCCO4)c1. The number of hydrogen-bond donors (Lipinski definition) is 0. The van der Waals surface area contributed by atoms with Crippen LogP contribution in [0.4, 0.5) is 0 Å². The lowest BCUT2D eigenvalue weighted by molar-refractivity contribution is 0.0224. The van der Waals surface area contributed by atoms with E-state index < -0.39 is 0 Å². The van der Waals surface area contributed by atoms with E-state index in [9.17, 15) is 4.79 Å².